The Morgan fingerprint density at radius 2 is 0.607 bits per heavy atom. The van der Waals surface area contributed by atoms with Gasteiger partial charge in [0, 0.05) is 13.1 Å². The molecule has 0 atom stereocenters. The van der Waals surface area contributed by atoms with Gasteiger partial charge in [-0.05, 0) is 41.8 Å². The minimum atomic E-state index is -3.07. The first-order valence-corrected chi connectivity index (χ1v) is 13.4. The summed E-state index contributed by atoms with van der Waals surface area (Å²) in [5, 5.41) is 42.1. The molecule has 0 rings (SSSR count). The summed E-state index contributed by atoms with van der Waals surface area (Å²) in [4.78, 5) is 91.2. The third-order valence-corrected chi connectivity index (χ3v) is 4.49. The van der Waals surface area contributed by atoms with Crippen LogP contribution in [0.1, 0.15) is 142 Å². The van der Waals surface area contributed by atoms with Crippen molar-refractivity contribution in [3.63, 3.8) is 0 Å². The lowest BCUT2D eigenvalue weighted by molar-refractivity contribution is -0.210. The van der Waals surface area contributed by atoms with Crippen molar-refractivity contribution in [2.75, 3.05) is 40.5 Å². The van der Waals surface area contributed by atoms with Gasteiger partial charge < -0.3 is 52.7 Å². The number of nitrogens with one attached hydrogen (secondary N) is 10. The lowest BCUT2D eigenvalue weighted by Crippen LogP contribution is -2.61. The summed E-state index contributed by atoms with van der Waals surface area (Å²) in [6.07, 6.45) is -1.99. The number of carbonyl (C=O) groups is 8. The summed E-state index contributed by atoms with van der Waals surface area (Å²) >= 11 is 0. The van der Waals surface area contributed by atoms with E-state index < -0.39 is 71.8 Å². The second kappa shape index (κ2) is 50.6. The zero-order valence-corrected chi connectivity index (χ0v) is 25.8. The molecule has 0 radical (unpaired) electrons. The van der Waals surface area contributed by atoms with Gasteiger partial charge >= 0.3 is 6.03 Å². The van der Waals surface area contributed by atoms with Crippen LogP contribution in [0.4, 0.5) is 0 Å². The summed E-state index contributed by atoms with van der Waals surface area (Å²) in [6, 6.07) is -3.07. The SMILES string of the molecule is C.C.C.C.C.C.C.C.C.C.C.C.CCNC(=O)CC(=O)NC(C)(C)NC(=O)CC(=O)NCNC.CCNC(=O)CC(=O)NC(O)(O)NC(=O)CC(=O)NCNC. The number of rotatable bonds is 18. The van der Waals surface area contributed by atoms with Gasteiger partial charge in [0.15, 0.2) is 0 Å². The Balaban J connectivity index is -0.0000000432. The first-order valence-electron chi connectivity index (χ1n) is 13.4. The zero-order valence-electron chi connectivity index (χ0n) is 25.8. The van der Waals surface area contributed by atoms with Crippen molar-refractivity contribution < 1.29 is 48.6 Å². The third-order valence-electron chi connectivity index (χ3n) is 4.49. The fourth-order valence-electron chi connectivity index (χ4n) is 2.93. The van der Waals surface area contributed by atoms with Crippen molar-refractivity contribution in [3.05, 3.63) is 0 Å². The molecule has 0 bridgehead atoms. The molecule has 0 aromatic rings. The van der Waals surface area contributed by atoms with E-state index in [9.17, 15) is 48.6 Å². The van der Waals surface area contributed by atoms with Crippen LogP contribution in [0.15, 0.2) is 0 Å². The predicted octanol–water partition coefficient (Wildman–Crippen LogP) is 1.82. The van der Waals surface area contributed by atoms with E-state index in [1.807, 2.05) is 0 Å². The second-order valence-electron chi connectivity index (χ2n) is 9.36. The largest absolute Gasteiger partial charge is 0.356 e. The first kappa shape index (κ1) is 93.4. The van der Waals surface area contributed by atoms with Crippen LogP contribution in [0.3, 0.4) is 0 Å². The fraction of sp³-hybridized carbons (Fsp3) is 0.778. The van der Waals surface area contributed by atoms with Crippen molar-refractivity contribution in [1.29, 1.82) is 0 Å². The van der Waals surface area contributed by atoms with E-state index in [0.29, 0.717) is 13.1 Å². The number of aliphatic hydroxyl groups is 2. The van der Waals surface area contributed by atoms with Crippen molar-refractivity contribution in [3.8, 4) is 0 Å². The molecule has 0 aromatic carbocycles. The monoisotopic (exact) mass is 827 g/mol. The highest BCUT2D eigenvalue weighted by Crippen LogP contribution is 1.99. The van der Waals surface area contributed by atoms with Crippen molar-refractivity contribution in [2.45, 2.75) is 154 Å². The quantitative estimate of drug-likeness (QED) is 0.0696. The minimum absolute atomic E-state index is 0. The van der Waals surface area contributed by atoms with Crippen LogP contribution in [0, 0.1) is 0 Å². The van der Waals surface area contributed by atoms with E-state index in [1.165, 1.54) is 0 Å². The average molecular weight is 827 g/mol. The van der Waals surface area contributed by atoms with Crippen molar-refractivity contribution in [1.82, 2.24) is 53.2 Å². The molecule has 12 N–H and O–H groups in total. The lowest BCUT2D eigenvalue weighted by atomic mass is 10.2. The molecule has 0 heterocycles. The van der Waals surface area contributed by atoms with Gasteiger partial charge in [0.05, 0.1) is 13.3 Å². The van der Waals surface area contributed by atoms with Gasteiger partial charge in [0.2, 0.25) is 47.3 Å². The van der Waals surface area contributed by atoms with Gasteiger partial charge in [-0.15, -0.1) is 0 Å². The Kier molecular flexibility index (Phi) is 84.4. The van der Waals surface area contributed by atoms with E-state index in [4.69, 9.17) is 0 Å². The molecular weight excluding hydrogens is 732 g/mol. The number of hydrogen-bond donors (Lipinski definition) is 12. The van der Waals surface area contributed by atoms with Crippen LogP contribution in [-0.4, -0.2) is 110 Å². The molecule has 0 aliphatic heterocycles. The topological polar surface area (TPSA) is 297 Å². The van der Waals surface area contributed by atoms with E-state index in [-0.39, 0.29) is 115 Å². The molecule has 20 heteroatoms. The maximum Gasteiger partial charge on any atom is 0.337 e. The predicted molar refractivity (Wildman–Crippen MR) is 235 cm³/mol. The Bertz CT molecular complexity index is 935. The second-order valence-corrected chi connectivity index (χ2v) is 9.36. The normalized spacial score (nSPS) is 8.29. The molecule has 348 valence electrons. The zero-order chi connectivity index (χ0) is 34.3. The van der Waals surface area contributed by atoms with E-state index in [1.54, 1.807) is 52.4 Å². The molecule has 0 aliphatic rings. The van der Waals surface area contributed by atoms with Gasteiger partial charge in [0.1, 0.15) is 31.3 Å². The highest BCUT2D eigenvalue weighted by molar-refractivity contribution is 5.99. The molecule has 8 amide bonds. The Morgan fingerprint density at radius 3 is 0.821 bits per heavy atom. The average Bonchev–Trinajstić information content (AvgIpc) is 2.84. The van der Waals surface area contributed by atoms with Gasteiger partial charge in [0.25, 0.3) is 0 Å². The van der Waals surface area contributed by atoms with Gasteiger partial charge in [-0.25, -0.2) is 0 Å². The molecule has 0 unspecified atom stereocenters. The van der Waals surface area contributed by atoms with E-state index in [0.717, 1.165) is 0 Å². The minimum Gasteiger partial charge on any atom is -0.356 e. The van der Waals surface area contributed by atoms with Gasteiger partial charge in [-0.3, -0.25) is 49.0 Å². The molecule has 0 aliphatic carbocycles. The van der Waals surface area contributed by atoms with E-state index in [2.05, 4.69) is 42.5 Å². The van der Waals surface area contributed by atoms with E-state index >= 15 is 0 Å². The van der Waals surface area contributed by atoms with Crippen LogP contribution in [-0.2, 0) is 38.4 Å². The lowest BCUT2D eigenvalue weighted by Gasteiger charge is -2.27. The molecule has 56 heavy (non-hydrogen) atoms. The molecular formula is C36H94N10O10. The fourth-order valence-corrected chi connectivity index (χ4v) is 2.93. The highest BCUT2D eigenvalue weighted by atomic mass is 16.6. The Morgan fingerprint density at radius 1 is 0.393 bits per heavy atom. The summed E-state index contributed by atoms with van der Waals surface area (Å²) in [7, 11) is 3.24. The van der Waals surface area contributed by atoms with Crippen LogP contribution < -0.4 is 53.2 Å². The van der Waals surface area contributed by atoms with Crippen LogP contribution in [0.25, 0.3) is 0 Å². The molecule has 0 fully saturated rings. The smallest absolute Gasteiger partial charge is 0.337 e. The van der Waals surface area contributed by atoms with Gasteiger partial charge in [-0.1, -0.05) is 89.1 Å². The molecule has 0 aromatic heterocycles. The number of hydrogen-bond acceptors (Lipinski definition) is 12. The molecule has 0 spiro atoms. The summed E-state index contributed by atoms with van der Waals surface area (Å²) in [5.74, 6) is -5.20. The maximum absolute atomic E-state index is 11.7. The summed E-state index contributed by atoms with van der Waals surface area (Å²) < 4.78 is 0. The van der Waals surface area contributed by atoms with Crippen LogP contribution in [0.5, 0.6) is 0 Å². The summed E-state index contributed by atoms with van der Waals surface area (Å²) in [6.45, 7) is 7.67. The molecule has 0 saturated heterocycles. The number of amides is 8. The maximum atomic E-state index is 11.7. The Hall–Kier alpha value is -4.40. The van der Waals surface area contributed by atoms with Gasteiger partial charge in [-0.2, -0.15) is 0 Å². The first-order chi connectivity index (χ1) is 20.4. The van der Waals surface area contributed by atoms with Crippen molar-refractivity contribution in [2.24, 2.45) is 0 Å². The Labute approximate surface area is 343 Å². The number of carbonyl (C=O) groups excluding carboxylic acids is 8. The van der Waals surface area contributed by atoms with Crippen molar-refractivity contribution >= 4 is 47.3 Å². The molecule has 0 saturated carbocycles. The van der Waals surface area contributed by atoms with Crippen LogP contribution in [0.2, 0.25) is 0 Å². The third kappa shape index (κ3) is 56.3. The highest BCUT2D eigenvalue weighted by Gasteiger charge is 2.29. The summed E-state index contributed by atoms with van der Waals surface area (Å²) in [5.41, 5.74) is -1.07. The van der Waals surface area contributed by atoms with Crippen LogP contribution >= 0.6 is 0 Å². The standard InChI is InChI=1S/C13H25N5O4.C11H21N5O6.12CH4/c1-5-15-9(19)6-11(21)17-13(2,3)18-12(22)7-10(20)16-8-14-4;1-3-13-7(17)4-9(19)15-11(21,22)16-10(20)5-8(18)14-6-12-2;;;;;;;;;;;;/h14H,5-8H2,1-4H3,(H,15,19)(H,16,20)(H,17,21)(H,18,22);12,21-22H,3-6H2,1-2H3,(H,13,17)(H,14,18)(H,15,19)(H,16,20);12*1H4. The molecule has 20 nitrogen and oxygen atoms in total.